The van der Waals surface area contributed by atoms with Crippen LogP contribution in [0.3, 0.4) is 0 Å². The van der Waals surface area contributed by atoms with Crippen molar-refractivity contribution in [1.82, 2.24) is 4.90 Å². The Balaban J connectivity index is 2.15. The highest BCUT2D eigenvalue weighted by atomic mass is 35.5. The van der Waals surface area contributed by atoms with Crippen LogP contribution in [0, 0.1) is 0 Å². The molecular weight excluding hydrogens is 378 g/mol. The van der Waals surface area contributed by atoms with Crippen molar-refractivity contribution in [2.24, 2.45) is 0 Å². The number of likely N-dealkylation sites (tertiary alicyclic amines) is 1. The number of hydrogen-bond donors (Lipinski definition) is 1. The number of ketones is 1. The fraction of sp³-hybridized carbons (Fsp3) is 0.182. The molecule has 0 aliphatic carbocycles. The number of aliphatic hydroxyl groups is 1. The fourth-order valence-corrected chi connectivity index (χ4v) is 3.50. The summed E-state index contributed by atoms with van der Waals surface area (Å²) in [4.78, 5) is 26.7. The van der Waals surface area contributed by atoms with E-state index in [9.17, 15) is 14.7 Å². The summed E-state index contributed by atoms with van der Waals surface area (Å²) in [7, 11) is 0. The molecule has 0 spiro atoms. The van der Waals surface area contributed by atoms with Crippen molar-refractivity contribution in [2.45, 2.75) is 13.0 Å². The molecule has 2 aromatic rings. The predicted molar refractivity (Wildman–Crippen MR) is 108 cm³/mol. The molecule has 3 rings (SSSR count). The first-order valence-corrected chi connectivity index (χ1v) is 9.24. The molecule has 1 aliphatic rings. The summed E-state index contributed by atoms with van der Waals surface area (Å²) in [5.74, 6) is -1.21. The summed E-state index contributed by atoms with van der Waals surface area (Å²) < 4.78 is 5.40. The quantitative estimate of drug-likeness (QED) is 0.340. The van der Waals surface area contributed by atoms with Gasteiger partial charge in [0.1, 0.15) is 11.5 Å². The second-order valence-electron chi connectivity index (χ2n) is 6.23. The molecule has 0 radical (unpaired) electrons. The van der Waals surface area contributed by atoms with Crippen LogP contribution in [-0.2, 0) is 9.59 Å². The molecule has 1 aliphatic heterocycles. The second kappa shape index (κ2) is 8.31. The normalized spacial score (nSPS) is 18.4. The smallest absolute Gasteiger partial charge is 0.295 e. The van der Waals surface area contributed by atoms with Crippen LogP contribution in [0.2, 0.25) is 5.02 Å². The standard InChI is InChI=1S/C22H20ClNO4/c1-3-12-24-19(14-8-6-5-7-9-14)18(21(26)22(24)27)20(25)15-10-11-17(28-4-2)16(23)13-15/h3,5-11,13,19,25H,1,4,12H2,2H3/t19-/m1/s1. The zero-order valence-electron chi connectivity index (χ0n) is 15.4. The Morgan fingerprint density at radius 2 is 1.96 bits per heavy atom. The first-order valence-electron chi connectivity index (χ1n) is 8.86. The van der Waals surface area contributed by atoms with E-state index in [2.05, 4.69) is 6.58 Å². The van der Waals surface area contributed by atoms with Gasteiger partial charge < -0.3 is 14.7 Å². The van der Waals surface area contributed by atoms with Crippen LogP contribution < -0.4 is 4.74 Å². The number of amides is 1. The van der Waals surface area contributed by atoms with Crippen LogP contribution in [0.1, 0.15) is 24.1 Å². The maximum Gasteiger partial charge on any atom is 0.295 e. The van der Waals surface area contributed by atoms with E-state index in [1.807, 2.05) is 37.3 Å². The molecule has 0 saturated carbocycles. The first-order chi connectivity index (χ1) is 13.5. The van der Waals surface area contributed by atoms with Gasteiger partial charge in [-0.1, -0.05) is 48.0 Å². The van der Waals surface area contributed by atoms with E-state index in [1.165, 1.54) is 11.0 Å². The van der Waals surface area contributed by atoms with Crippen molar-refractivity contribution in [3.05, 3.63) is 82.9 Å². The van der Waals surface area contributed by atoms with E-state index in [-0.39, 0.29) is 17.9 Å². The Labute approximate surface area is 168 Å². The van der Waals surface area contributed by atoms with Crippen molar-refractivity contribution in [1.29, 1.82) is 0 Å². The van der Waals surface area contributed by atoms with Crippen LogP contribution in [0.25, 0.3) is 5.76 Å². The molecule has 1 N–H and O–H groups in total. The lowest BCUT2D eigenvalue weighted by Crippen LogP contribution is -2.29. The molecule has 1 amide bonds. The van der Waals surface area contributed by atoms with Crippen molar-refractivity contribution >= 4 is 29.1 Å². The van der Waals surface area contributed by atoms with Gasteiger partial charge in [0.15, 0.2) is 0 Å². The van der Waals surface area contributed by atoms with Gasteiger partial charge in [0, 0.05) is 12.1 Å². The van der Waals surface area contributed by atoms with Crippen LogP contribution in [0.15, 0.2) is 66.8 Å². The van der Waals surface area contributed by atoms with Crippen molar-refractivity contribution in [3.63, 3.8) is 0 Å². The summed E-state index contributed by atoms with van der Waals surface area (Å²) in [6, 6.07) is 13.1. The third kappa shape index (κ3) is 3.53. The van der Waals surface area contributed by atoms with Gasteiger partial charge in [-0.05, 0) is 30.7 Å². The summed E-state index contributed by atoms with van der Waals surface area (Å²) in [5, 5.41) is 11.2. The predicted octanol–water partition coefficient (Wildman–Crippen LogP) is 4.35. The maximum absolute atomic E-state index is 12.7. The summed E-state index contributed by atoms with van der Waals surface area (Å²) in [6.45, 7) is 6.14. The van der Waals surface area contributed by atoms with Gasteiger partial charge in [0.2, 0.25) is 0 Å². The second-order valence-corrected chi connectivity index (χ2v) is 6.64. The number of aliphatic hydroxyl groups excluding tert-OH is 1. The third-order valence-corrected chi connectivity index (χ3v) is 4.78. The lowest BCUT2D eigenvalue weighted by Gasteiger charge is -2.24. The van der Waals surface area contributed by atoms with Gasteiger partial charge in [-0.25, -0.2) is 0 Å². The zero-order valence-corrected chi connectivity index (χ0v) is 16.1. The number of carbonyl (C=O) groups is 2. The molecule has 0 aromatic heterocycles. The molecule has 28 heavy (non-hydrogen) atoms. The van der Waals surface area contributed by atoms with E-state index in [1.54, 1.807) is 18.2 Å². The number of nitrogens with zero attached hydrogens (tertiary/aromatic N) is 1. The van der Waals surface area contributed by atoms with Gasteiger partial charge in [-0.15, -0.1) is 6.58 Å². The monoisotopic (exact) mass is 397 g/mol. The number of carbonyl (C=O) groups excluding carboxylic acids is 2. The minimum Gasteiger partial charge on any atom is -0.507 e. The lowest BCUT2D eigenvalue weighted by molar-refractivity contribution is -0.139. The first kappa shape index (κ1) is 19.7. The molecule has 5 nitrogen and oxygen atoms in total. The Morgan fingerprint density at radius 1 is 1.25 bits per heavy atom. The van der Waals surface area contributed by atoms with Crippen molar-refractivity contribution < 1.29 is 19.4 Å². The number of hydrogen-bond acceptors (Lipinski definition) is 4. The van der Waals surface area contributed by atoms with E-state index < -0.39 is 17.7 Å². The van der Waals surface area contributed by atoms with Crippen LogP contribution in [-0.4, -0.2) is 34.8 Å². The Kier molecular flexibility index (Phi) is 5.85. The SMILES string of the molecule is C=CCN1C(=O)C(=O)C(=C(O)c2ccc(OCC)c(Cl)c2)[C@H]1c1ccccc1. The summed E-state index contributed by atoms with van der Waals surface area (Å²) in [6.07, 6.45) is 1.55. The van der Waals surface area contributed by atoms with Crippen LogP contribution in [0.4, 0.5) is 0 Å². The Hall–Kier alpha value is -3.05. The Morgan fingerprint density at radius 3 is 2.57 bits per heavy atom. The van der Waals surface area contributed by atoms with Crippen molar-refractivity contribution in [3.8, 4) is 5.75 Å². The van der Waals surface area contributed by atoms with E-state index in [4.69, 9.17) is 16.3 Å². The lowest BCUT2D eigenvalue weighted by atomic mass is 9.95. The zero-order chi connectivity index (χ0) is 20.3. The van der Waals surface area contributed by atoms with Gasteiger partial charge in [-0.2, -0.15) is 0 Å². The molecular formula is C22H20ClNO4. The van der Waals surface area contributed by atoms with Crippen molar-refractivity contribution in [2.75, 3.05) is 13.2 Å². The number of rotatable bonds is 6. The van der Waals surface area contributed by atoms with Gasteiger partial charge in [0.25, 0.3) is 11.7 Å². The van der Waals surface area contributed by atoms with Gasteiger partial charge in [-0.3, -0.25) is 9.59 Å². The summed E-state index contributed by atoms with van der Waals surface area (Å²) >= 11 is 6.22. The fourth-order valence-electron chi connectivity index (χ4n) is 3.27. The molecule has 144 valence electrons. The summed E-state index contributed by atoms with van der Waals surface area (Å²) in [5.41, 5.74) is 1.09. The van der Waals surface area contributed by atoms with Gasteiger partial charge in [0.05, 0.1) is 23.2 Å². The third-order valence-electron chi connectivity index (χ3n) is 4.49. The maximum atomic E-state index is 12.7. The highest BCUT2D eigenvalue weighted by Crippen LogP contribution is 2.40. The average molecular weight is 398 g/mol. The average Bonchev–Trinajstić information content (AvgIpc) is 2.95. The van der Waals surface area contributed by atoms with Crippen LogP contribution >= 0.6 is 11.6 Å². The number of halogens is 1. The largest absolute Gasteiger partial charge is 0.507 e. The van der Waals surface area contributed by atoms with Gasteiger partial charge >= 0.3 is 0 Å². The molecule has 1 atom stereocenters. The van der Waals surface area contributed by atoms with E-state index in [0.717, 1.165) is 5.56 Å². The molecule has 0 bridgehead atoms. The highest BCUT2D eigenvalue weighted by Gasteiger charge is 2.45. The number of ether oxygens (including phenoxy) is 1. The highest BCUT2D eigenvalue weighted by molar-refractivity contribution is 6.46. The van der Waals surface area contributed by atoms with E-state index in [0.29, 0.717) is 22.9 Å². The molecule has 0 unspecified atom stereocenters. The molecule has 1 fully saturated rings. The number of Topliss-reactive ketones (excluding diaryl/α,β-unsaturated/α-hetero) is 1. The van der Waals surface area contributed by atoms with E-state index >= 15 is 0 Å². The molecule has 2 aromatic carbocycles. The Bertz CT molecular complexity index is 952. The molecule has 6 heteroatoms. The molecule has 1 saturated heterocycles. The minimum absolute atomic E-state index is 0.0262. The number of benzene rings is 2. The topological polar surface area (TPSA) is 66.8 Å². The molecule has 1 heterocycles. The minimum atomic E-state index is -0.738. The van der Waals surface area contributed by atoms with Crippen LogP contribution in [0.5, 0.6) is 5.75 Å².